The van der Waals surface area contributed by atoms with E-state index < -0.39 is 10.0 Å². The van der Waals surface area contributed by atoms with Crippen molar-refractivity contribution in [3.8, 4) is 5.75 Å². The standard InChI is InChI=1S/C19H32N2O3S/c1-4-5-14-25(22,23)20-15-19(21-12-10-16(2)11-13-21)17-6-8-18(24-3)9-7-17/h6-9,16,19-20H,4-5,10-15H2,1-3H3. The summed E-state index contributed by atoms with van der Waals surface area (Å²) < 4.78 is 32.5. The van der Waals surface area contributed by atoms with Gasteiger partial charge in [-0.15, -0.1) is 0 Å². The third kappa shape index (κ3) is 6.28. The molecule has 25 heavy (non-hydrogen) atoms. The van der Waals surface area contributed by atoms with Gasteiger partial charge in [-0.05, 0) is 56.0 Å². The van der Waals surface area contributed by atoms with Crippen LogP contribution in [-0.4, -0.2) is 45.8 Å². The minimum absolute atomic E-state index is 0.0646. The van der Waals surface area contributed by atoms with E-state index in [0.29, 0.717) is 13.0 Å². The lowest BCUT2D eigenvalue weighted by Crippen LogP contribution is -2.42. The van der Waals surface area contributed by atoms with E-state index in [1.165, 1.54) is 0 Å². The van der Waals surface area contributed by atoms with Crippen LogP contribution in [0.3, 0.4) is 0 Å². The molecule has 1 heterocycles. The summed E-state index contributed by atoms with van der Waals surface area (Å²) in [6, 6.07) is 8.04. The van der Waals surface area contributed by atoms with Crippen LogP contribution in [0.25, 0.3) is 0 Å². The fourth-order valence-electron chi connectivity index (χ4n) is 3.24. The summed E-state index contributed by atoms with van der Waals surface area (Å²) in [6.07, 6.45) is 3.90. The van der Waals surface area contributed by atoms with Crippen molar-refractivity contribution in [3.05, 3.63) is 29.8 Å². The Morgan fingerprint density at radius 3 is 2.44 bits per heavy atom. The van der Waals surface area contributed by atoms with Crippen LogP contribution in [0, 0.1) is 5.92 Å². The number of methoxy groups -OCH3 is 1. The van der Waals surface area contributed by atoms with Gasteiger partial charge in [0.05, 0.1) is 12.9 Å². The lowest BCUT2D eigenvalue weighted by Gasteiger charge is -2.37. The van der Waals surface area contributed by atoms with Crippen molar-refractivity contribution in [2.24, 2.45) is 5.92 Å². The molecule has 1 saturated heterocycles. The second-order valence-electron chi connectivity index (χ2n) is 7.03. The van der Waals surface area contributed by atoms with Crippen molar-refractivity contribution in [3.63, 3.8) is 0 Å². The molecule has 1 unspecified atom stereocenters. The van der Waals surface area contributed by atoms with Crippen molar-refractivity contribution < 1.29 is 13.2 Å². The van der Waals surface area contributed by atoms with Crippen LogP contribution in [0.15, 0.2) is 24.3 Å². The van der Waals surface area contributed by atoms with Crippen LogP contribution in [-0.2, 0) is 10.0 Å². The molecule has 142 valence electrons. The quantitative estimate of drug-likeness (QED) is 0.727. The van der Waals surface area contributed by atoms with Crippen LogP contribution < -0.4 is 9.46 Å². The van der Waals surface area contributed by atoms with E-state index in [2.05, 4.69) is 16.5 Å². The molecule has 0 amide bonds. The first-order valence-corrected chi connectivity index (χ1v) is 11.0. The number of ether oxygens (including phenoxy) is 1. The normalized spacial score (nSPS) is 18.2. The van der Waals surface area contributed by atoms with Crippen LogP contribution in [0.1, 0.15) is 51.1 Å². The fourth-order valence-corrected chi connectivity index (χ4v) is 4.46. The summed E-state index contributed by atoms with van der Waals surface area (Å²) in [5.74, 6) is 1.77. The number of likely N-dealkylation sites (tertiary alicyclic amines) is 1. The molecule has 1 fully saturated rings. The monoisotopic (exact) mass is 368 g/mol. The topological polar surface area (TPSA) is 58.6 Å². The molecule has 0 saturated carbocycles. The average molecular weight is 369 g/mol. The van der Waals surface area contributed by atoms with Crippen molar-refractivity contribution in [1.29, 1.82) is 0 Å². The molecular formula is C19H32N2O3S. The van der Waals surface area contributed by atoms with Gasteiger partial charge in [0.15, 0.2) is 0 Å². The molecule has 1 aromatic carbocycles. The van der Waals surface area contributed by atoms with E-state index in [1.54, 1.807) is 7.11 Å². The zero-order valence-corrected chi connectivity index (χ0v) is 16.5. The molecule has 2 rings (SSSR count). The number of unbranched alkanes of at least 4 members (excludes halogenated alkanes) is 1. The lowest BCUT2D eigenvalue weighted by atomic mass is 9.96. The first kappa shape index (κ1) is 20.2. The largest absolute Gasteiger partial charge is 0.497 e. The highest BCUT2D eigenvalue weighted by Gasteiger charge is 2.26. The molecule has 0 bridgehead atoms. The Hall–Kier alpha value is -1.11. The number of hydrogen-bond donors (Lipinski definition) is 1. The van der Waals surface area contributed by atoms with Gasteiger partial charge >= 0.3 is 0 Å². The highest BCUT2D eigenvalue weighted by atomic mass is 32.2. The Labute approximate surface area is 152 Å². The Morgan fingerprint density at radius 2 is 1.88 bits per heavy atom. The molecule has 0 aromatic heterocycles. The van der Waals surface area contributed by atoms with Crippen LogP contribution in [0.4, 0.5) is 0 Å². The number of sulfonamides is 1. The zero-order valence-electron chi connectivity index (χ0n) is 15.7. The Kier molecular flexibility index (Phi) is 7.72. The van der Waals surface area contributed by atoms with E-state index >= 15 is 0 Å². The average Bonchev–Trinajstić information content (AvgIpc) is 2.62. The summed E-state index contributed by atoms with van der Waals surface area (Å²) in [5.41, 5.74) is 1.13. The molecule has 6 heteroatoms. The summed E-state index contributed by atoms with van der Waals surface area (Å²) in [5, 5.41) is 0. The fraction of sp³-hybridized carbons (Fsp3) is 0.684. The number of piperidine rings is 1. The number of hydrogen-bond acceptors (Lipinski definition) is 4. The maximum absolute atomic E-state index is 12.2. The van der Waals surface area contributed by atoms with Crippen molar-refractivity contribution in [1.82, 2.24) is 9.62 Å². The maximum atomic E-state index is 12.2. The first-order chi connectivity index (χ1) is 11.9. The first-order valence-electron chi connectivity index (χ1n) is 9.30. The Bertz CT molecular complexity index is 608. The van der Waals surface area contributed by atoms with Gasteiger partial charge in [0.2, 0.25) is 10.0 Å². The number of nitrogens with zero attached hydrogens (tertiary/aromatic N) is 1. The van der Waals surface area contributed by atoms with Gasteiger partial charge in [0, 0.05) is 12.6 Å². The van der Waals surface area contributed by atoms with Crippen molar-refractivity contribution in [2.75, 3.05) is 32.5 Å². The van der Waals surface area contributed by atoms with E-state index in [0.717, 1.165) is 49.6 Å². The predicted octanol–water partition coefficient (Wildman–Crippen LogP) is 3.19. The summed E-state index contributed by atoms with van der Waals surface area (Å²) in [4.78, 5) is 2.41. The molecule has 1 aliphatic heterocycles. The highest BCUT2D eigenvalue weighted by molar-refractivity contribution is 7.89. The molecule has 0 aliphatic carbocycles. The highest BCUT2D eigenvalue weighted by Crippen LogP contribution is 2.27. The molecule has 1 atom stereocenters. The molecule has 5 nitrogen and oxygen atoms in total. The minimum Gasteiger partial charge on any atom is -0.497 e. The van der Waals surface area contributed by atoms with Gasteiger partial charge in [-0.25, -0.2) is 13.1 Å². The van der Waals surface area contributed by atoms with Crippen molar-refractivity contribution in [2.45, 2.75) is 45.6 Å². The predicted molar refractivity (Wildman–Crippen MR) is 102 cm³/mol. The Morgan fingerprint density at radius 1 is 1.24 bits per heavy atom. The Balaban J connectivity index is 2.11. The van der Waals surface area contributed by atoms with E-state index in [9.17, 15) is 8.42 Å². The maximum Gasteiger partial charge on any atom is 0.211 e. The minimum atomic E-state index is -3.21. The van der Waals surface area contributed by atoms with E-state index in [-0.39, 0.29) is 11.8 Å². The zero-order chi connectivity index (χ0) is 18.3. The van der Waals surface area contributed by atoms with E-state index in [4.69, 9.17) is 4.74 Å². The van der Waals surface area contributed by atoms with Gasteiger partial charge in [-0.2, -0.15) is 0 Å². The number of rotatable bonds is 9. The van der Waals surface area contributed by atoms with Gasteiger partial charge < -0.3 is 4.74 Å². The molecule has 0 spiro atoms. The summed E-state index contributed by atoms with van der Waals surface area (Å²) in [6.45, 7) is 6.73. The number of benzene rings is 1. The molecule has 1 aromatic rings. The summed E-state index contributed by atoms with van der Waals surface area (Å²) in [7, 11) is -1.56. The van der Waals surface area contributed by atoms with Gasteiger partial charge in [-0.1, -0.05) is 32.4 Å². The summed E-state index contributed by atoms with van der Waals surface area (Å²) >= 11 is 0. The van der Waals surface area contributed by atoms with Crippen molar-refractivity contribution >= 4 is 10.0 Å². The number of nitrogens with one attached hydrogen (secondary N) is 1. The van der Waals surface area contributed by atoms with Gasteiger partial charge in [-0.3, -0.25) is 4.90 Å². The molecule has 1 N–H and O–H groups in total. The molecule has 0 radical (unpaired) electrons. The van der Waals surface area contributed by atoms with Crippen LogP contribution in [0.2, 0.25) is 0 Å². The lowest BCUT2D eigenvalue weighted by molar-refractivity contribution is 0.139. The van der Waals surface area contributed by atoms with Crippen LogP contribution in [0.5, 0.6) is 5.75 Å². The molecule has 1 aliphatic rings. The second-order valence-corrected chi connectivity index (χ2v) is 8.95. The third-order valence-corrected chi connectivity index (χ3v) is 6.46. The second kappa shape index (κ2) is 9.55. The molecular weight excluding hydrogens is 336 g/mol. The van der Waals surface area contributed by atoms with Gasteiger partial charge in [0.1, 0.15) is 5.75 Å². The SMILES string of the molecule is CCCCS(=O)(=O)NCC(c1ccc(OC)cc1)N1CCC(C)CC1. The third-order valence-electron chi connectivity index (χ3n) is 5.02. The smallest absolute Gasteiger partial charge is 0.211 e. The van der Waals surface area contributed by atoms with Crippen LogP contribution >= 0.6 is 0 Å². The van der Waals surface area contributed by atoms with E-state index in [1.807, 2.05) is 31.2 Å². The van der Waals surface area contributed by atoms with Gasteiger partial charge in [0.25, 0.3) is 0 Å².